The number of carbonyl (C=O) groups is 1. The van der Waals surface area contributed by atoms with Gasteiger partial charge in [-0.05, 0) is 28.8 Å². The molecule has 1 aliphatic heterocycles. The smallest absolute Gasteiger partial charge is 0.340 e. The molecule has 0 unspecified atom stereocenters. The zero-order chi connectivity index (χ0) is 29.1. The minimum Gasteiger partial charge on any atom is -0.429 e. The standard InChI is InChI=1S/C33H31NO8/c35-32(27-16-18-28(19-17-27)34(36)37)42-33-31(40-22-26-14-8-3-9-15-26)30(39-21-25-12-6-2-7-13-25)29(41-33)23-38-20-24-10-4-1-5-11-24/h1-19,29-31,33H,20-23H2/t29-,30-,31-,33-/m1/s1. The van der Waals surface area contributed by atoms with E-state index in [1.165, 1.54) is 24.3 Å². The lowest BCUT2D eigenvalue weighted by atomic mass is 10.1. The Morgan fingerprint density at radius 3 is 1.71 bits per heavy atom. The maximum atomic E-state index is 13.1. The van der Waals surface area contributed by atoms with Crippen molar-refractivity contribution in [1.82, 2.24) is 0 Å². The van der Waals surface area contributed by atoms with Gasteiger partial charge in [-0.2, -0.15) is 0 Å². The van der Waals surface area contributed by atoms with E-state index in [0.29, 0.717) is 6.61 Å². The summed E-state index contributed by atoms with van der Waals surface area (Å²) < 4.78 is 30.7. The Hall–Kier alpha value is -4.41. The molecule has 0 aliphatic carbocycles. The number of carbonyl (C=O) groups excluding carboxylic acids is 1. The molecule has 42 heavy (non-hydrogen) atoms. The van der Waals surface area contributed by atoms with Crippen LogP contribution in [0.25, 0.3) is 0 Å². The van der Waals surface area contributed by atoms with Crippen LogP contribution in [0, 0.1) is 10.1 Å². The van der Waals surface area contributed by atoms with Gasteiger partial charge in [0.2, 0.25) is 6.29 Å². The van der Waals surface area contributed by atoms with E-state index in [9.17, 15) is 14.9 Å². The number of nitrogens with zero attached hydrogens (tertiary/aromatic N) is 1. The highest BCUT2D eigenvalue weighted by atomic mass is 16.7. The molecule has 0 saturated carbocycles. The van der Waals surface area contributed by atoms with E-state index in [1.54, 1.807) is 0 Å². The average molecular weight is 570 g/mol. The van der Waals surface area contributed by atoms with Crippen molar-refractivity contribution in [2.24, 2.45) is 0 Å². The van der Waals surface area contributed by atoms with Gasteiger partial charge in [0, 0.05) is 12.1 Å². The van der Waals surface area contributed by atoms with E-state index >= 15 is 0 Å². The van der Waals surface area contributed by atoms with E-state index < -0.39 is 35.5 Å². The van der Waals surface area contributed by atoms with Gasteiger partial charge < -0.3 is 23.7 Å². The summed E-state index contributed by atoms with van der Waals surface area (Å²) in [5, 5.41) is 11.0. The summed E-state index contributed by atoms with van der Waals surface area (Å²) >= 11 is 0. The van der Waals surface area contributed by atoms with Crippen molar-refractivity contribution in [2.45, 2.75) is 44.4 Å². The molecule has 9 nitrogen and oxygen atoms in total. The first-order chi connectivity index (χ1) is 20.6. The van der Waals surface area contributed by atoms with E-state index in [-0.39, 0.29) is 31.1 Å². The van der Waals surface area contributed by atoms with Gasteiger partial charge in [-0.25, -0.2) is 4.79 Å². The number of rotatable bonds is 13. The number of nitro groups is 1. The highest BCUT2D eigenvalue weighted by Gasteiger charge is 2.48. The molecule has 1 heterocycles. The van der Waals surface area contributed by atoms with E-state index in [4.69, 9.17) is 23.7 Å². The SMILES string of the molecule is O=C(O[C@H]1O[C@H](COCc2ccccc2)[C@@H](OCc2ccccc2)[C@H]1OCc1ccccc1)c1ccc([N+](=O)[O-])cc1. The Morgan fingerprint density at radius 2 is 1.19 bits per heavy atom. The molecule has 1 fully saturated rings. The number of esters is 1. The molecule has 0 amide bonds. The third-order valence-corrected chi connectivity index (χ3v) is 6.77. The molecule has 4 aromatic carbocycles. The summed E-state index contributed by atoms with van der Waals surface area (Å²) in [5.41, 5.74) is 2.93. The summed E-state index contributed by atoms with van der Waals surface area (Å²) in [6.45, 7) is 1.07. The van der Waals surface area contributed by atoms with Crippen molar-refractivity contribution in [3.05, 3.63) is 148 Å². The predicted molar refractivity (Wildman–Crippen MR) is 153 cm³/mol. The summed E-state index contributed by atoms with van der Waals surface area (Å²) in [4.78, 5) is 23.6. The van der Waals surface area contributed by atoms with Crippen LogP contribution in [-0.4, -0.2) is 42.1 Å². The van der Waals surface area contributed by atoms with Crippen LogP contribution in [0.2, 0.25) is 0 Å². The van der Waals surface area contributed by atoms with E-state index in [2.05, 4.69) is 0 Å². The molecule has 9 heteroatoms. The monoisotopic (exact) mass is 569 g/mol. The number of non-ortho nitro benzene ring substituents is 1. The van der Waals surface area contributed by atoms with Gasteiger partial charge >= 0.3 is 5.97 Å². The van der Waals surface area contributed by atoms with Gasteiger partial charge in [-0.15, -0.1) is 0 Å². The van der Waals surface area contributed by atoms with Gasteiger partial charge in [0.25, 0.3) is 5.69 Å². The summed E-state index contributed by atoms with van der Waals surface area (Å²) in [6, 6.07) is 34.3. The lowest BCUT2D eigenvalue weighted by molar-refractivity contribution is -0.384. The molecule has 0 aromatic heterocycles. The third kappa shape index (κ3) is 7.86. The molecule has 5 rings (SSSR count). The van der Waals surface area contributed by atoms with Crippen LogP contribution in [0.3, 0.4) is 0 Å². The number of nitro benzene ring substituents is 1. The summed E-state index contributed by atoms with van der Waals surface area (Å²) in [6.07, 6.45) is -3.11. The molecule has 4 aromatic rings. The second-order valence-corrected chi connectivity index (χ2v) is 9.78. The normalized spacial score (nSPS) is 19.8. The van der Waals surface area contributed by atoms with Crippen molar-refractivity contribution in [3.8, 4) is 0 Å². The Balaban J connectivity index is 1.35. The largest absolute Gasteiger partial charge is 0.429 e. The molecule has 216 valence electrons. The fourth-order valence-electron chi connectivity index (χ4n) is 4.59. The van der Waals surface area contributed by atoms with Crippen molar-refractivity contribution >= 4 is 11.7 Å². The van der Waals surface area contributed by atoms with Gasteiger partial charge in [-0.1, -0.05) is 91.0 Å². The van der Waals surface area contributed by atoms with Crippen molar-refractivity contribution in [3.63, 3.8) is 0 Å². The summed E-state index contributed by atoms with van der Waals surface area (Å²) in [7, 11) is 0. The number of benzene rings is 4. The molecule has 0 radical (unpaired) electrons. The first-order valence-corrected chi connectivity index (χ1v) is 13.6. The predicted octanol–water partition coefficient (Wildman–Crippen LogP) is 5.86. The fourth-order valence-corrected chi connectivity index (χ4v) is 4.59. The second-order valence-electron chi connectivity index (χ2n) is 9.78. The van der Waals surface area contributed by atoms with Gasteiger partial charge in [0.1, 0.15) is 18.3 Å². The molecule has 0 N–H and O–H groups in total. The van der Waals surface area contributed by atoms with Crippen molar-refractivity contribution in [2.75, 3.05) is 6.61 Å². The van der Waals surface area contributed by atoms with Gasteiger partial charge in [0.15, 0.2) is 0 Å². The van der Waals surface area contributed by atoms with Crippen LogP contribution in [-0.2, 0) is 43.5 Å². The second kappa shape index (κ2) is 14.5. The fraction of sp³-hybridized carbons (Fsp3) is 0.242. The first kappa shape index (κ1) is 29.1. The Kier molecular flexibility index (Phi) is 10.0. The number of hydrogen-bond donors (Lipinski definition) is 0. The lowest BCUT2D eigenvalue weighted by Gasteiger charge is -2.25. The lowest BCUT2D eigenvalue weighted by Crippen LogP contribution is -2.40. The molecular weight excluding hydrogens is 538 g/mol. The van der Waals surface area contributed by atoms with Crippen LogP contribution >= 0.6 is 0 Å². The van der Waals surface area contributed by atoms with Crippen LogP contribution in [0.5, 0.6) is 0 Å². The molecule has 1 aliphatic rings. The molecule has 0 bridgehead atoms. The van der Waals surface area contributed by atoms with Gasteiger partial charge in [0.05, 0.1) is 36.9 Å². The third-order valence-electron chi connectivity index (χ3n) is 6.77. The maximum absolute atomic E-state index is 13.1. The number of ether oxygens (including phenoxy) is 5. The zero-order valence-electron chi connectivity index (χ0n) is 22.8. The Labute approximate surface area is 243 Å². The average Bonchev–Trinajstić information content (AvgIpc) is 3.35. The molecule has 4 atom stereocenters. The van der Waals surface area contributed by atoms with E-state index in [1.807, 2.05) is 91.0 Å². The highest BCUT2D eigenvalue weighted by Crippen LogP contribution is 2.31. The molecular formula is C33H31NO8. The Bertz CT molecular complexity index is 1420. The van der Waals surface area contributed by atoms with Crippen LogP contribution in [0.15, 0.2) is 115 Å². The first-order valence-electron chi connectivity index (χ1n) is 13.6. The minimum atomic E-state index is -1.11. The maximum Gasteiger partial charge on any atom is 0.340 e. The van der Waals surface area contributed by atoms with Crippen molar-refractivity contribution < 1.29 is 33.4 Å². The van der Waals surface area contributed by atoms with Crippen LogP contribution < -0.4 is 0 Å². The highest BCUT2D eigenvalue weighted by molar-refractivity contribution is 5.89. The topological polar surface area (TPSA) is 106 Å². The van der Waals surface area contributed by atoms with Gasteiger partial charge in [-0.3, -0.25) is 10.1 Å². The number of hydrogen-bond acceptors (Lipinski definition) is 8. The Morgan fingerprint density at radius 1 is 0.690 bits per heavy atom. The summed E-state index contributed by atoms with van der Waals surface area (Å²) in [5.74, 6) is -0.698. The van der Waals surface area contributed by atoms with Crippen molar-refractivity contribution in [1.29, 1.82) is 0 Å². The van der Waals surface area contributed by atoms with Crippen LogP contribution in [0.1, 0.15) is 27.0 Å². The van der Waals surface area contributed by atoms with Crippen LogP contribution in [0.4, 0.5) is 5.69 Å². The zero-order valence-corrected chi connectivity index (χ0v) is 22.8. The minimum absolute atomic E-state index is 0.127. The molecule has 1 saturated heterocycles. The molecule has 0 spiro atoms. The quantitative estimate of drug-likeness (QED) is 0.112. The van der Waals surface area contributed by atoms with E-state index in [0.717, 1.165) is 16.7 Å².